The third-order valence-electron chi connectivity index (χ3n) is 4.55. The second-order valence-corrected chi connectivity index (χ2v) is 6.54. The molecule has 3 rings (SSSR count). The number of halogens is 3. The molecular formula is C20H18F3N3O4. The molecule has 0 N–H and O–H groups in total. The molecule has 0 aromatic heterocycles. The summed E-state index contributed by atoms with van der Waals surface area (Å²) in [6.45, 7) is 2.14. The minimum absolute atomic E-state index is 0.0238. The molecule has 1 heterocycles. The van der Waals surface area contributed by atoms with Gasteiger partial charge in [0.15, 0.2) is 0 Å². The van der Waals surface area contributed by atoms with Gasteiger partial charge in [-0.05, 0) is 35.9 Å². The van der Waals surface area contributed by atoms with Crippen LogP contribution in [0.2, 0.25) is 0 Å². The Bertz CT molecular complexity index is 920. The lowest BCUT2D eigenvalue weighted by Gasteiger charge is -2.35. The monoisotopic (exact) mass is 421 g/mol. The summed E-state index contributed by atoms with van der Waals surface area (Å²) in [4.78, 5) is 26.3. The largest absolute Gasteiger partial charge is 0.573 e. The van der Waals surface area contributed by atoms with Gasteiger partial charge in [0.05, 0.1) is 4.92 Å². The van der Waals surface area contributed by atoms with Crippen molar-refractivity contribution < 1.29 is 27.6 Å². The molecule has 0 radical (unpaired) electrons. The fourth-order valence-corrected chi connectivity index (χ4v) is 3.02. The van der Waals surface area contributed by atoms with E-state index in [0.717, 1.165) is 5.69 Å². The van der Waals surface area contributed by atoms with Gasteiger partial charge < -0.3 is 14.5 Å². The van der Waals surface area contributed by atoms with E-state index < -0.39 is 11.3 Å². The van der Waals surface area contributed by atoms with Gasteiger partial charge in [0.1, 0.15) is 5.75 Å². The van der Waals surface area contributed by atoms with Crippen LogP contribution >= 0.6 is 0 Å². The van der Waals surface area contributed by atoms with Crippen LogP contribution in [-0.4, -0.2) is 48.3 Å². The van der Waals surface area contributed by atoms with Crippen LogP contribution in [0, 0.1) is 10.1 Å². The number of alkyl halides is 3. The number of carbonyl (C=O) groups is 1. The predicted molar refractivity (Wildman–Crippen MR) is 104 cm³/mol. The minimum atomic E-state index is -4.75. The molecule has 1 aliphatic rings. The van der Waals surface area contributed by atoms with E-state index in [2.05, 4.69) is 4.74 Å². The predicted octanol–water partition coefficient (Wildman–Crippen LogP) is 3.86. The number of carbonyl (C=O) groups excluding carboxylic acids is 1. The Balaban J connectivity index is 1.52. The van der Waals surface area contributed by atoms with E-state index in [0.29, 0.717) is 31.7 Å². The van der Waals surface area contributed by atoms with Crippen molar-refractivity contribution in [1.29, 1.82) is 0 Å². The average molecular weight is 421 g/mol. The van der Waals surface area contributed by atoms with Crippen molar-refractivity contribution in [2.75, 3.05) is 31.1 Å². The van der Waals surface area contributed by atoms with Crippen LogP contribution in [0.5, 0.6) is 5.75 Å². The molecule has 1 amide bonds. The lowest BCUT2D eigenvalue weighted by Crippen LogP contribution is -2.48. The number of hydrogen-bond donors (Lipinski definition) is 0. The summed E-state index contributed by atoms with van der Waals surface area (Å²) in [6, 6.07) is 11.5. The quantitative estimate of drug-likeness (QED) is 0.416. The Morgan fingerprint density at radius 1 is 1.00 bits per heavy atom. The molecule has 0 unspecified atom stereocenters. The summed E-state index contributed by atoms with van der Waals surface area (Å²) >= 11 is 0. The van der Waals surface area contributed by atoms with Crippen molar-refractivity contribution in [1.82, 2.24) is 4.90 Å². The summed E-state index contributed by atoms with van der Waals surface area (Å²) in [6.07, 6.45) is -1.84. The van der Waals surface area contributed by atoms with E-state index in [9.17, 15) is 28.1 Å². The van der Waals surface area contributed by atoms with E-state index in [-0.39, 0.29) is 17.3 Å². The number of amides is 1. The van der Waals surface area contributed by atoms with Gasteiger partial charge in [0, 0.05) is 50.1 Å². The third-order valence-corrected chi connectivity index (χ3v) is 4.55. The van der Waals surface area contributed by atoms with Crippen LogP contribution in [-0.2, 0) is 4.79 Å². The maximum Gasteiger partial charge on any atom is 0.573 e. The Hall–Kier alpha value is -3.56. The molecule has 30 heavy (non-hydrogen) atoms. The zero-order valence-electron chi connectivity index (χ0n) is 15.7. The summed E-state index contributed by atoms with van der Waals surface area (Å²) in [5, 5.41) is 10.7. The third kappa shape index (κ3) is 5.72. The zero-order valence-corrected chi connectivity index (χ0v) is 15.7. The fourth-order valence-electron chi connectivity index (χ4n) is 3.02. The van der Waals surface area contributed by atoms with E-state index >= 15 is 0 Å². The number of anilines is 1. The second-order valence-electron chi connectivity index (χ2n) is 6.54. The maximum atomic E-state index is 12.4. The lowest BCUT2D eigenvalue weighted by molar-refractivity contribution is -0.384. The summed E-state index contributed by atoms with van der Waals surface area (Å²) in [5.41, 5.74) is 1.45. The first-order valence-corrected chi connectivity index (χ1v) is 9.03. The first-order valence-electron chi connectivity index (χ1n) is 9.03. The fraction of sp³-hybridized carbons (Fsp3) is 0.250. The lowest BCUT2D eigenvalue weighted by atomic mass is 10.2. The molecule has 0 bridgehead atoms. The Morgan fingerprint density at radius 2 is 1.60 bits per heavy atom. The van der Waals surface area contributed by atoms with Gasteiger partial charge in [-0.2, -0.15) is 0 Å². The van der Waals surface area contributed by atoms with Gasteiger partial charge in [-0.15, -0.1) is 13.2 Å². The number of non-ortho nitro benzene ring substituents is 1. The number of piperazine rings is 1. The van der Waals surface area contributed by atoms with Crippen LogP contribution in [0.3, 0.4) is 0 Å². The normalized spacial score (nSPS) is 14.8. The smallest absolute Gasteiger partial charge is 0.406 e. The van der Waals surface area contributed by atoms with Crippen LogP contribution < -0.4 is 9.64 Å². The first kappa shape index (κ1) is 21.2. The minimum Gasteiger partial charge on any atom is -0.406 e. The molecule has 7 nitrogen and oxygen atoms in total. The van der Waals surface area contributed by atoms with Gasteiger partial charge in [0.2, 0.25) is 5.91 Å². The zero-order chi connectivity index (χ0) is 21.7. The number of nitrogens with zero attached hydrogens (tertiary/aromatic N) is 3. The SMILES string of the molecule is O=C(C=Cc1ccc(OC(F)(F)F)cc1)N1CCN(c2ccc([N+](=O)[O-])cc2)CC1. The van der Waals surface area contributed by atoms with E-state index in [1.165, 1.54) is 48.6 Å². The Morgan fingerprint density at radius 3 is 2.13 bits per heavy atom. The van der Waals surface area contributed by atoms with E-state index in [4.69, 9.17) is 0 Å². The molecule has 0 aliphatic carbocycles. The van der Waals surface area contributed by atoms with Gasteiger partial charge in [-0.3, -0.25) is 14.9 Å². The van der Waals surface area contributed by atoms with Crippen LogP contribution in [0.4, 0.5) is 24.5 Å². The molecule has 1 aliphatic heterocycles. The van der Waals surface area contributed by atoms with Crippen LogP contribution in [0.25, 0.3) is 6.08 Å². The van der Waals surface area contributed by atoms with Crippen molar-refractivity contribution in [2.45, 2.75) is 6.36 Å². The molecule has 1 fully saturated rings. The molecule has 10 heteroatoms. The van der Waals surface area contributed by atoms with Crippen molar-refractivity contribution in [3.63, 3.8) is 0 Å². The molecule has 2 aromatic carbocycles. The number of nitro benzene ring substituents is 1. The summed E-state index contributed by atoms with van der Waals surface area (Å²) < 4.78 is 40.3. The van der Waals surface area contributed by atoms with Crippen LogP contribution in [0.15, 0.2) is 54.6 Å². The highest BCUT2D eigenvalue weighted by atomic mass is 19.4. The topological polar surface area (TPSA) is 75.9 Å². The van der Waals surface area contributed by atoms with E-state index in [1.54, 1.807) is 17.0 Å². The van der Waals surface area contributed by atoms with Gasteiger partial charge in [0.25, 0.3) is 5.69 Å². The van der Waals surface area contributed by atoms with Gasteiger partial charge in [-0.25, -0.2) is 0 Å². The second kappa shape index (κ2) is 8.85. The standard InChI is InChI=1S/C20H18F3N3O4/c21-20(22,23)30-18-8-1-15(2-9-18)3-10-19(27)25-13-11-24(12-14-25)16-4-6-17(7-5-16)26(28)29/h1-10H,11-14H2. The molecular weight excluding hydrogens is 403 g/mol. The van der Waals surface area contributed by atoms with Crippen molar-refractivity contribution in [3.05, 3.63) is 70.3 Å². The highest BCUT2D eigenvalue weighted by molar-refractivity contribution is 5.92. The first-order chi connectivity index (χ1) is 14.2. The number of nitro groups is 1. The average Bonchev–Trinajstić information content (AvgIpc) is 2.72. The molecule has 158 valence electrons. The highest BCUT2D eigenvalue weighted by Gasteiger charge is 2.30. The van der Waals surface area contributed by atoms with Gasteiger partial charge in [-0.1, -0.05) is 12.1 Å². The molecule has 2 aromatic rings. The maximum absolute atomic E-state index is 12.4. The number of benzene rings is 2. The molecule has 0 atom stereocenters. The molecule has 0 spiro atoms. The Labute approximate surface area is 170 Å². The van der Waals surface area contributed by atoms with Gasteiger partial charge >= 0.3 is 6.36 Å². The van der Waals surface area contributed by atoms with E-state index in [1.807, 2.05) is 4.90 Å². The molecule has 0 saturated carbocycles. The Kier molecular flexibility index (Phi) is 6.24. The van der Waals surface area contributed by atoms with Crippen molar-refractivity contribution in [2.24, 2.45) is 0 Å². The van der Waals surface area contributed by atoms with Crippen LogP contribution in [0.1, 0.15) is 5.56 Å². The molecule has 1 saturated heterocycles. The van der Waals surface area contributed by atoms with Crippen molar-refractivity contribution >= 4 is 23.4 Å². The number of rotatable bonds is 5. The summed E-state index contributed by atoms with van der Waals surface area (Å²) in [5.74, 6) is -0.526. The number of hydrogen-bond acceptors (Lipinski definition) is 5. The van der Waals surface area contributed by atoms with Crippen molar-refractivity contribution in [3.8, 4) is 5.75 Å². The summed E-state index contributed by atoms with van der Waals surface area (Å²) in [7, 11) is 0. The number of ether oxygens (including phenoxy) is 1. The highest BCUT2D eigenvalue weighted by Crippen LogP contribution is 2.23.